The molecule has 1 aromatic heterocycles. The minimum absolute atomic E-state index is 0.0183. The van der Waals surface area contributed by atoms with Crippen molar-refractivity contribution in [3.63, 3.8) is 0 Å². The van der Waals surface area contributed by atoms with Crippen molar-refractivity contribution in [2.45, 2.75) is 51.1 Å². The largest absolute Gasteiger partial charge is 0.354 e. The first kappa shape index (κ1) is 18.7. The maximum atomic E-state index is 12.3. The van der Waals surface area contributed by atoms with Crippen molar-refractivity contribution in [2.24, 2.45) is 0 Å². The van der Waals surface area contributed by atoms with Gasteiger partial charge in [-0.15, -0.1) is 0 Å². The van der Waals surface area contributed by atoms with Crippen LogP contribution in [0.5, 0.6) is 0 Å². The summed E-state index contributed by atoms with van der Waals surface area (Å²) >= 11 is 1.45. The number of carbonyl (C=O) groups excluding carboxylic acids is 1. The predicted octanol–water partition coefficient (Wildman–Crippen LogP) is 4.20. The SMILES string of the molecule is Cc1cccc(NC(=O)CSc2cc(N3CCCCC3C)ncn2)c1C. The molecule has 26 heavy (non-hydrogen) atoms. The average molecular weight is 371 g/mol. The van der Waals surface area contributed by atoms with E-state index in [0.717, 1.165) is 28.6 Å². The summed E-state index contributed by atoms with van der Waals surface area (Å²) in [7, 11) is 0. The summed E-state index contributed by atoms with van der Waals surface area (Å²) in [6, 6.07) is 8.44. The van der Waals surface area contributed by atoms with Gasteiger partial charge in [0, 0.05) is 24.3 Å². The third-order valence-corrected chi connectivity index (χ3v) is 5.88. The Labute approximate surface area is 159 Å². The quantitative estimate of drug-likeness (QED) is 0.631. The van der Waals surface area contributed by atoms with Gasteiger partial charge in [-0.2, -0.15) is 0 Å². The molecule has 2 aromatic rings. The van der Waals surface area contributed by atoms with Gasteiger partial charge in [0.1, 0.15) is 17.2 Å². The second-order valence-corrected chi connectivity index (χ2v) is 7.83. The molecule has 0 radical (unpaired) electrons. The summed E-state index contributed by atoms with van der Waals surface area (Å²) in [5.74, 6) is 1.28. The lowest BCUT2D eigenvalue weighted by Crippen LogP contribution is -2.38. The van der Waals surface area contributed by atoms with Crippen LogP contribution in [-0.4, -0.2) is 34.2 Å². The van der Waals surface area contributed by atoms with E-state index in [1.54, 1.807) is 6.33 Å². The Morgan fingerprint density at radius 3 is 2.96 bits per heavy atom. The molecule has 1 aliphatic heterocycles. The van der Waals surface area contributed by atoms with E-state index in [-0.39, 0.29) is 5.91 Å². The van der Waals surface area contributed by atoms with E-state index in [0.29, 0.717) is 11.8 Å². The second kappa shape index (κ2) is 8.54. The smallest absolute Gasteiger partial charge is 0.234 e. The molecule has 1 atom stereocenters. The van der Waals surface area contributed by atoms with E-state index < -0.39 is 0 Å². The molecule has 1 aromatic carbocycles. The monoisotopic (exact) mass is 370 g/mol. The zero-order valence-electron chi connectivity index (χ0n) is 15.7. The van der Waals surface area contributed by atoms with Crippen molar-refractivity contribution in [1.82, 2.24) is 9.97 Å². The third kappa shape index (κ3) is 4.55. The van der Waals surface area contributed by atoms with E-state index in [4.69, 9.17) is 0 Å². The van der Waals surface area contributed by atoms with E-state index in [1.165, 1.54) is 36.6 Å². The predicted molar refractivity (Wildman–Crippen MR) is 108 cm³/mol. The third-order valence-electron chi connectivity index (χ3n) is 4.95. The number of hydrogen-bond donors (Lipinski definition) is 1. The van der Waals surface area contributed by atoms with Gasteiger partial charge in [0.2, 0.25) is 5.91 Å². The summed E-state index contributed by atoms with van der Waals surface area (Å²) in [6.45, 7) is 7.35. The number of aromatic nitrogens is 2. The van der Waals surface area contributed by atoms with Crippen molar-refractivity contribution in [2.75, 3.05) is 22.5 Å². The van der Waals surface area contributed by atoms with Crippen molar-refractivity contribution in [3.8, 4) is 0 Å². The van der Waals surface area contributed by atoms with E-state index in [2.05, 4.69) is 27.1 Å². The van der Waals surface area contributed by atoms with Crippen molar-refractivity contribution < 1.29 is 4.79 Å². The molecule has 1 fully saturated rings. The highest BCUT2D eigenvalue weighted by atomic mass is 32.2. The second-order valence-electron chi connectivity index (χ2n) is 6.84. The number of thioether (sulfide) groups is 1. The van der Waals surface area contributed by atoms with Gasteiger partial charge in [0.05, 0.1) is 5.75 Å². The number of carbonyl (C=O) groups is 1. The van der Waals surface area contributed by atoms with Crippen molar-refractivity contribution in [3.05, 3.63) is 41.7 Å². The summed E-state index contributed by atoms with van der Waals surface area (Å²) in [6.07, 6.45) is 5.28. The zero-order chi connectivity index (χ0) is 18.5. The first-order chi connectivity index (χ1) is 12.5. The molecule has 0 spiro atoms. The Hall–Kier alpha value is -2.08. The molecule has 138 valence electrons. The molecule has 1 aliphatic rings. The average Bonchev–Trinajstić information content (AvgIpc) is 2.64. The number of aryl methyl sites for hydroxylation is 1. The van der Waals surface area contributed by atoms with Gasteiger partial charge < -0.3 is 10.2 Å². The van der Waals surface area contributed by atoms with Gasteiger partial charge in [-0.1, -0.05) is 23.9 Å². The lowest BCUT2D eigenvalue weighted by Gasteiger charge is -2.34. The van der Waals surface area contributed by atoms with Gasteiger partial charge in [-0.25, -0.2) is 9.97 Å². The number of amides is 1. The molecule has 5 nitrogen and oxygen atoms in total. The van der Waals surface area contributed by atoms with Crippen LogP contribution in [0, 0.1) is 13.8 Å². The van der Waals surface area contributed by atoms with Gasteiger partial charge in [0.15, 0.2) is 0 Å². The molecule has 6 heteroatoms. The van der Waals surface area contributed by atoms with Crippen LogP contribution in [-0.2, 0) is 4.79 Å². The number of rotatable bonds is 5. The van der Waals surface area contributed by atoms with Gasteiger partial charge in [-0.3, -0.25) is 4.79 Å². The van der Waals surface area contributed by atoms with Crippen LogP contribution in [0.3, 0.4) is 0 Å². The number of piperidine rings is 1. The molecule has 0 saturated carbocycles. The normalized spacial score (nSPS) is 17.2. The summed E-state index contributed by atoms with van der Waals surface area (Å²) in [5, 5.41) is 3.83. The number of nitrogens with one attached hydrogen (secondary N) is 1. The molecule has 1 saturated heterocycles. The van der Waals surface area contributed by atoms with Crippen LogP contribution < -0.4 is 10.2 Å². The Balaban J connectivity index is 1.60. The van der Waals surface area contributed by atoms with Crippen LogP contribution in [0.2, 0.25) is 0 Å². The standard InChI is InChI=1S/C20H26N4OS/c1-14-7-6-9-17(16(14)3)23-19(25)12-26-20-11-18(21-13-22-20)24-10-5-4-8-15(24)2/h6-7,9,11,13,15H,4-5,8,10,12H2,1-3H3,(H,23,25). The summed E-state index contributed by atoms with van der Waals surface area (Å²) in [5.41, 5.74) is 3.15. The summed E-state index contributed by atoms with van der Waals surface area (Å²) < 4.78 is 0. The molecular weight excluding hydrogens is 344 g/mol. The fourth-order valence-corrected chi connectivity index (χ4v) is 3.88. The van der Waals surface area contributed by atoms with Crippen LogP contribution in [0.4, 0.5) is 11.5 Å². The van der Waals surface area contributed by atoms with Crippen molar-refractivity contribution in [1.29, 1.82) is 0 Å². The molecular formula is C20H26N4OS. The van der Waals surface area contributed by atoms with Gasteiger partial charge in [-0.05, 0) is 57.2 Å². The van der Waals surface area contributed by atoms with Crippen LogP contribution in [0.1, 0.15) is 37.3 Å². The maximum Gasteiger partial charge on any atom is 0.234 e. The van der Waals surface area contributed by atoms with Crippen LogP contribution >= 0.6 is 11.8 Å². The fourth-order valence-electron chi connectivity index (χ4n) is 3.22. The van der Waals surface area contributed by atoms with Gasteiger partial charge >= 0.3 is 0 Å². The molecule has 1 unspecified atom stereocenters. The highest BCUT2D eigenvalue weighted by molar-refractivity contribution is 7.99. The Kier molecular flexibility index (Phi) is 6.14. The zero-order valence-corrected chi connectivity index (χ0v) is 16.5. The highest BCUT2D eigenvalue weighted by Crippen LogP contribution is 2.26. The first-order valence-electron chi connectivity index (χ1n) is 9.12. The maximum absolute atomic E-state index is 12.3. The molecule has 1 amide bonds. The Morgan fingerprint density at radius 1 is 1.31 bits per heavy atom. The van der Waals surface area contributed by atoms with E-state index >= 15 is 0 Å². The van der Waals surface area contributed by atoms with Gasteiger partial charge in [0.25, 0.3) is 0 Å². The molecule has 2 heterocycles. The molecule has 3 rings (SSSR count). The number of nitrogens with zero attached hydrogens (tertiary/aromatic N) is 3. The first-order valence-corrected chi connectivity index (χ1v) is 10.1. The fraction of sp³-hybridized carbons (Fsp3) is 0.450. The number of hydrogen-bond acceptors (Lipinski definition) is 5. The topological polar surface area (TPSA) is 58.1 Å². The van der Waals surface area contributed by atoms with Crippen LogP contribution in [0.25, 0.3) is 0 Å². The Bertz CT molecular complexity index is 780. The highest BCUT2D eigenvalue weighted by Gasteiger charge is 2.20. The molecule has 0 aliphatic carbocycles. The number of anilines is 2. The summed E-state index contributed by atoms with van der Waals surface area (Å²) in [4.78, 5) is 23.4. The minimum Gasteiger partial charge on any atom is -0.354 e. The lowest BCUT2D eigenvalue weighted by molar-refractivity contribution is -0.113. The number of benzene rings is 1. The minimum atomic E-state index is -0.0183. The molecule has 0 bridgehead atoms. The van der Waals surface area contributed by atoms with E-state index in [9.17, 15) is 4.79 Å². The van der Waals surface area contributed by atoms with Crippen LogP contribution in [0.15, 0.2) is 35.6 Å². The Morgan fingerprint density at radius 2 is 2.15 bits per heavy atom. The van der Waals surface area contributed by atoms with E-state index in [1.807, 2.05) is 38.1 Å². The van der Waals surface area contributed by atoms with Crippen molar-refractivity contribution >= 4 is 29.2 Å². The lowest BCUT2D eigenvalue weighted by atomic mass is 10.0. The molecule has 1 N–H and O–H groups in total.